The van der Waals surface area contributed by atoms with Crippen molar-refractivity contribution in [2.45, 2.75) is 37.0 Å². The van der Waals surface area contributed by atoms with Crippen molar-refractivity contribution in [3.8, 4) is 11.5 Å². The van der Waals surface area contributed by atoms with Crippen LogP contribution in [0, 0.1) is 0 Å². The molecule has 2 saturated heterocycles. The second-order valence-corrected chi connectivity index (χ2v) is 5.24. The fourth-order valence-corrected chi connectivity index (χ4v) is 2.61. The Morgan fingerprint density at radius 1 is 1.14 bits per heavy atom. The summed E-state index contributed by atoms with van der Waals surface area (Å²) >= 11 is 0. The molecule has 122 valence electrons. The Bertz CT molecular complexity index is 534. The van der Waals surface area contributed by atoms with Crippen molar-refractivity contribution in [1.82, 2.24) is 0 Å². The molecule has 0 spiro atoms. The molecule has 0 amide bonds. The van der Waals surface area contributed by atoms with E-state index in [1.807, 2.05) is 0 Å². The van der Waals surface area contributed by atoms with Crippen molar-refractivity contribution in [3.63, 3.8) is 0 Å². The van der Waals surface area contributed by atoms with E-state index in [4.69, 9.17) is 18.9 Å². The lowest BCUT2D eigenvalue weighted by Crippen LogP contribution is -2.61. The second kappa shape index (κ2) is 5.99. The molecular formula is C14H18O8. The molecule has 0 aromatic heterocycles. The van der Waals surface area contributed by atoms with Gasteiger partial charge in [-0.1, -0.05) is 6.07 Å². The minimum atomic E-state index is -1.48. The monoisotopic (exact) mass is 314 g/mol. The topological polar surface area (TPSA) is 118 Å². The van der Waals surface area contributed by atoms with Crippen LogP contribution in [-0.2, 0) is 14.2 Å². The van der Waals surface area contributed by atoms with Crippen LogP contribution in [0.5, 0.6) is 11.5 Å². The minimum absolute atomic E-state index is 0.0646. The van der Waals surface area contributed by atoms with Gasteiger partial charge < -0.3 is 39.4 Å². The Hall–Kier alpha value is -1.42. The average Bonchev–Trinajstić information content (AvgIpc) is 2.52. The number of phenolic OH excluding ortho intramolecular Hbond substituents is 1. The summed E-state index contributed by atoms with van der Waals surface area (Å²) < 4.78 is 21.2. The molecule has 1 aromatic carbocycles. The summed E-state index contributed by atoms with van der Waals surface area (Å²) in [7, 11) is 1.44. The van der Waals surface area contributed by atoms with Gasteiger partial charge in [-0.25, -0.2) is 0 Å². The highest BCUT2D eigenvalue weighted by Crippen LogP contribution is 2.36. The molecular weight excluding hydrogens is 296 g/mol. The number of ether oxygens (including phenoxy) is 4. The summed E-state index contributed by atoms with van der Waals surface area (Å²) in [6.45, 7) is 0.0724. The van der Waals surface area contributed by atoms with Gasteiger partial charge in [-0.3, -0.25) is 0 Å². The molecule has 2 unspecified atom stereocenters. The number of fused-ring (bicyclic) bond motifs is 1. The lowest BCUT2D eigenvalue weighted by molar-refractivity contribution is -0.354. The molecule has 0 bridgehead atoms. The van der Waals surface area contributed by atoms with E-state index >= 15 is 0 Å². The fourth-order valence-electron chi connectivity index (χ4n) is 2.61. The first kappa shape index (κ1) is 15.5. The van der Waals surface area contributed by atoms with Gasteiger partial charge >= 0.3 is 0 Å². The third kappa shape index (κ3) is 2.65. The van der Waals surface area contributed by atoms with Crippen molar-refractivity contribution >= 4 is 0 Å². The van der Waals surface area contributed by atoms with Crippen LogP contribution >= 0.6 is 0 Å². The summed E-state index contributed by atoms with van der Waals surface area (Å²) in [5, 5.41) is 38.9. The number of rotatable bonds is 2. The van der Waals surface area contributed by atoms with Crippen molar-refractivity contribution in [2.24, 2.45) is 0 Å². The van der Waals surface area contributed by atoms with E-state index in [1.165, 1.54) is 13.2 Å². The summed E-state index contributed by atoms with van der Waals surface area (Å²) in [6.07, 6.45) is -6.60. The molecule has 0 aliphatic carbocycles. The number of hydrogen-bond acceptors (Lipinski definition) is 8. The number of aliphatic hydroxyl groups excluding tert-OH is 3. The quantitative estimate of drug-likeness (QED) is 0.563. The predicted molar refractivity (Wildman–Crippen MR) is 71.1 cm³/mol. The summed E-state index contributed by atoms with van der Waals surface area (Å²) in [6, 6.07) is 4.66. The zero-order valence-corrected chi connectivity index (χ0v) is 11.8. The Labute approximate surface area is 126 Å². The molecule has 2 fully saturated rings. The van der Waals surface area contributed by atoms with Crippen LogP contribution in [0.2, 0.25) is 0 Å². The first-order valence-electron chi connectivity index (χ1n) is 6.85. The number of phenols is 1. The molecule has 2 heterocycles. The molecule has 4 N–H and O–H groups in total. The van der Waals surface area contributed by atoms with Gasteiger partial charge in [0, 0.05) is 5.56 Å². The molecule has 3 rings (SSSR count). The highest BCUT2D eigenvalue weighted by Gasteiger charge is 2.48. The fraction of sp³-hybridized carbons (Fsp3) is 0.571. The zero-order chi connectivity index (χ0) is 15.9. The van der Waals surface area contributed by atoms with Crippen LogP contribution < -0.4 is 4.74 Å². The first-order chi connectivity index (χ1) is 10.5. The van der Waals surface area contributed by atoms with Crippen LogP contribution in [0.4, 0.5) is 0 Å². The normalized spacial score (nSPS) is 38.4. The van der Waals surface area contributed by atoms with E-state index in [-0.39, 0.29) is 12.4 Å². The third-order valence-corrected chi connectivity index (χ3v) is 3.83. The van der Waals surface area contributed by atoms with E-state index in [9.17, 15) is 20.4 Å². The summed E-state index contributed by atoms with van der Waals surface area (Å²) in [4.78, 5) is 0. The lowest BCUT2D eigenvalue weighted by atomic mass is 9.98. The summed E-state index contributed by atoms with van der Waals surface area (Å²) in [5.74, 6) is 0.252. The number of benzene rings is 1. The highest BCUT2D eigenvalue weighted by atomic mass is 16.7. The van der Waals surface area contributed by atoms with E-state index < -0.39 is 37.0 Å². The number of hydrogen-bond donors (Lipinski definition) is 4. The van der Waals surface area contributed by atoms with E-state index in [2.05, 4.69) is 0 Å². The number of aromatic hydroxyl groups is 1. The molecule has 0 radical (unpaired) electrons. The predicted octanol–water partition coefficient (Wildman–Crippen LogP) is -0.746. The smallest absolute Gasteiger partial charge is 0.184 e. The van der Waals surface area contributed by atoms with Gasteiger partial charge in [-0.2, -0.15) is 0 Å². The Balaban J connectivity index is 1.77. The van der Waals surface area contributed by atoms with Gasteiger partial charge in [0.05, 0.1) is 13.7 Å². The van der Waals surface area contributed by atoms with Crippen LogP contribution in [0.1, 0.15) is 11.9 Å². The number of methoxy groups -OCH3 is 1. The van der Waals surface area contributed by atoms with Gasteiger partial charge in [-0.15, -0.1) is 0 Å². The van der Waals surface area contributed by atoms with E-state index in [0.717, 1.165) is 0 Å². The Morgan fingerprint density at radius 3 is 2.59 bits per heavy atom. The molecule has 6 atom stereocenters. The maximum atomic E-state index is 10.0. The van der Waals surface area contributed by atoms with Crippen molar-refractivity contribution in [1.29, 1.82) is 0 Å². The number of aliphatic hydroxyl groups is 3. The van der Waals surface area contributed by atoms with Gasteiger partial charge in [0.1, 0.15) is 24.4 Å². The second-order valence-electron chi connectivity index (χ2n) is 5.24. The Kier molecular flexibility index (Phi) is 4.22. The third-order valence-electron chi connectivity index (χ3n) is 3.83. The largest absolute Gasteiger partial charge is 0.504 e. The van der Waals surface area contributed by atoms with E-state index in [0.29, 0.717) is 11.3 Å². The maximum Gasteiger partial charge on any atom is 0.184 e. The first-order valence-corrected chi connectivity index (χ1v) is 6.85. The van der Waals surface area contributed by atoms with Gasteiger partial charge in [0.2, 0.25) is 0 Å². The maximum absolute atomic E-state index is 10.0. The molecule has 1 aromatic rings. The van der Waals surface area contributed by atoms with Crippen molar-refractivity contribution in [3.05, 3.63) is 23.8 Å². The van der Waals surface area contributed by atoms with Crippen LogP contribution in [0.3, 0.4) is 0 Å². The standard InChI is InChI=1S/C14H18O8/c1-19-8-3-2-6(4-7(8)15)14-20-5-9-12(22-14)10(16)11(17)13(18)21-9/h2-4,9-18H,5H2,1H3/t9-,10-,11-,12-,13?,14?/m0/s1. The van der Waals surface area contributed by atoms with Crippen molar-refractivity contribution in [2.75, 3.05) is 13.7 Å². The van der Waals surface area contributed by atoms with E-state index in [1.54, 1.807) is 12.1 Å². The summed E-state index contributed by atoms with van der Waals surface area (Å²) in [5.41, 5.74) is 0.532. The van der Waals surface area contributed by atoms with Gasteiger partial charge in [0.25, 0.3) is 0 Å². The van der Waals surface area contributed by atoms with Crippen LogP contribution in [0.25, 0.3) is 0 Å². The molecule has 8 nitrogen and oxygen atoms in total. The average molecular weight is 314 g/mol. The van der Waals surface area contributed by atoms with Crippen LogP contribution in [0.15, 0.2) is 18.2 Å². The molecule has 0 saturated carbocycles. The molecule has 8 heteroatoms. The van der Waals surface area contributed by atoms with Gasteiger partial charge in [-0.05, 0) is 12.1 Å². The SMILES string of the molecule is COc1ccc(C2OC[C@@H]3OC(O)[C@@H](O)[C@H](O)[C@H]3O2)cc1O. The van der Waals surface area contributed by atoms with Gasteiger partial charge in [0.15, 0.2) is 24.1 Å². The van der Waals surface area contributed by atoms with Crippen molar-refractivity contribution < 1.29 is 39.4 Å². The highest BCUT2D eigenvalue weighted by molar-refractivity contribution is 5.42. The molecule has 2 aliphatic rings. The minimum Gasteiger partial charge on any atom is -0.504 e. The zero-order valence-electron chi connectivity index (χ0n) is 11.8. The molecule has 22 heavy (non-hydrogen) atoms. The molecule has 2 aliphatic heterocycles. The van der Waals surface area contributed by atoms with Crippen LogP contribution in [-0.4, -0.2) is 64.8 Å². The Morgan fingerprint density at radius 2 is 1.91 bits per heavy atom. The lowest BCUT2D eigenvalue weighted by Gasteiger charge is -2.45.